The number of aliphatic hydroxyl groups is 1. The molecule has 3 rings (SSSR count). The Balaban J connectivity index is 1.73. The SMILES string of the molecule is O=C(O)/C=C(/C(=O)O)C(O)C1CCCCN1COc1cccc2c1CCC2. The third-order valence-electron chi connectivity index (χ3n) is 5.36. The van der Waals surface area contributed by atoms with Crippen LogP contribution in [0.3, 0.4) is 0 Å². The van der Waals surface area contributed by atoms with Crippen LogP contribution < -0.4 is 4.74 Å². The zero-order valence-corrected chi connectivity index (χ0v) is 15.1. The number of hydrogen-bond donors (Lipinski definition) is 3. The maximum absolute atomic E-state index is 11.4. The Kier molecular flexibility index (Phi) is 6.13. The van der Waals surface area contributed by atoms with Crippen LogP contribution >= 0.6 is 0 Å². The van der Waals surface area contributed by atoms with Crippen molar-refractivity contribution >= 4 is 11.9 Å². The van der Waals surface area contributed by atoms with Gasteiger partial charge in [-0.05, 0) is 49.3 Å². The molecule has 3 N–H and O–H groups in total. The van der Waals surface area contributed by atoms with Crippen molar-refractivity contribution in [2.45, 2.75) is 50.7 Å². The van der Waals surface area contributed by atoms with Gasteiger partial charge in [-0.15, -0.1) is 0 Å². The highest BCUT2D eigenvalue weighted by atomic mass is 16.5. The van der Waals surface area contributed by atoms with Crippen LogP contribution in [0.4, 0.5) is 0 Å². The highest BCUT2D eigenvalue weighted by Crippen LogP contribution is 2.31. The third kappa shape index (κ3) is 4.48. The average Bonchev–Trinajstić information content (AvgIpc) is 3.13. The molecule has 7 nitrogen and oxygen atoms in total. The van der Waals surface area contributed by atoms with Crippen LogP contribution in [0.2, 0.25) is 0 Å². The monoisotopic (exact) mass is 375 g/mol. The number of aliphatic carboxylic acids is 2. The Bertz CT molecular complexity index is 744. The van der Waals surface area contributed by atoms with Crippen LogP contribution in [0.5, 0.6) is 5.75 Å². The lowest BCUT2D eigenvalue weighted by atomic mass is 9.93. The van der Waals surface area contributed by atoms with E-state index in [9.17, 15) is 19.8 Å². The van der Waals surface area contributed by atoms with Gasteiger partial charge in [-0.2, -0.15) is 0 Å². The van der Waals surface area contributed by atoms with E-state index in [-0.39, 0.29) is 6.73 Å². The van der Waals surface area contributed by atoms with E-state index in [1.165, 1.54) is 11.1 Å². The predicted molar refractivity (Wildman–Crippen MR) is 97.7 cm³/mol. The number of piperidine rings is 1. The summed E-state index contributed by atoms with van der Waals surface area (Å²) in [4.78, 5) is 24.2. The summed E-state index contributed by atoms with van der Waals surface area (Å²) in [7, 11) is 0. The van der Waals surface area contributed by atoms with Crippen LogP contribution in [0.1, 0.15) is 36.8 Å². The van der Waals surface area contributed by atoms with E-state index in [1.54, 1.807) is 0 Å². The van der Waals surface area contributed by atoms with Crippen LogP contribution in [-0.2, 0) is 22.4 Å². The molecule has 1 aromatic rings. The number of carboxylic acids is 2. The fraction of sp³-hybridized carbons (Fsp3) is 0.500. The molecule has 2 unspecified atom stereocenters. The van der Waals surface area contributed by atoms with Gasteiger partial charge >= 0.3 is 11.9 Å². The Hall–Kier alpha value is -2.38. The van der Waals surface area contributed by atoms with Crippen molar-refractivity contribution in [3.8, 4) is 5.75 Å². The van der Waals surface area contributed by atoms with E-state index in [0.717, 1.165) is 37.9 Å². The number of rotatable bonds is 7. The zero-order chi connectivity index (χ0) is 19.4. The van der Waals surface area contributed by atoms with E-state index in [1.807, 2.05) is 17.0 Å². The van der Waals surface area contributed by atoms with Crippen molar-refractivity contribution in [3.05, 3.63) is 41.0 Å². The van der Waals surface area contributed by atoms with E-state index < -0.39 is 29.7 Å². The molecule has 1 aliphatic heterocycles. The molecule has 0 aromatic heterocycles. The van der Waals surface area contributed by atoms with Gasteiger partial charge in [-0.3, -0.25) is 4.90 Å². The Labute approximate surface area is 157 Å². The molecule has 1 aromatic carbocycles. The fourth-order valence-electron chi connectivity index (χ4n) is 4.02. The summed E-state index contributed by atoms with van der Waals surface area (Å²) in [6.07, 6.45) is 4.70. The first-order valence-corrected chi connectivity index (χ1v) is 9.31. The van der Waals surface area contributed by atoms with E-state index in [0.29, 0.717) is 19.0 Å². The molecule has 0 spiro atoms. The highest BCUT2D eigenvalue weighted by Gasteiger charge is 2.34. The van der Waals surface area contributed by atoms with Crippen LogP contribution in [0.15, 0.2) is 29.8 Å². The zero-order valence-electron chi connectivity index (χ0n) is 15.1. The van der Waals surface area contributed by atoms with E-state index in [4.69, 9.17) is 9.84 Å². The smallest absolute Gasteiger partial charge is 0.334 e. The first-order valence-electron chi connectivity index (χ1n) is 9.31. The standard InChI is InChI=1S/C20H25NO6/c22-18(23)11-15(20(25)26)19(24)16-8-1-2-10-21(16)12-27-17-9-4-6-13-5-3-7-14(13)17/h4,6,9,11,16,19,24H,1-3,5,7-8,10,12H2,(H,22,23)(H,25,26)/b15-11+. The number of ether oxygens (including phenoxy) is 1. The molecule has 7 heteroatoms. The van der Waals surface area contributed by atoms with Crippen molar-refractivity contribution < 1.29 is 29.6 Å². The van der Waals surface area contributed by atoms with Crippen LogP contribution in [0, 0.1) is 0 Å². The lowest BCUT2D eigenvalue weighted by Gasteiger charge is -2.38. The minimum absolute atomic E-state index is 0.234. The largest absolute Gasteiger partial charge is 0.478 e. The molecular weight excluding hydrogens is 350 g/mol. The number of carboxylic acid groups (broad SMARTS) is 2. The second kappa shape index (κ2) is 8.54. The van der Waals surface area contributed by atoms with Gasteiger partial charge in [-0.25, -0.2) is 9.59 Å². The molecule has 1 fully saturated rings. The van der Waals surface area contributed by atoms with E-state index in [2.05, 4.69) is 6.07 Å². The number of likely N-dealkylation sites (tertiary alicyclic amines) is 1. The highest BCUT2D eigenvalue weighted by molar-refractivity contribution is 5.95. The Morgan fingerprint density at radius 1 is 1.22 bits per heavy atom. The quantitative estimate of drug-likeness (QED) is 0.624. The fourth-order valence-corrected chi connectivity index (χ4v) is 4.02. The number of fused-ring (bicyclic) bond motifs is 1. The van der Waals surface area contributed by atoms with Gasteiger partial charge in [0, 0.05) is 18.7 Å². The summed E-state index contributed by atoms with van der Waals surface area (Å²) in [5, 5.41) is 28.7. The first kappa shape index (κ1) is 19.4. The maximum atomic E-state index is 11.4. The normalized spacial score (nSPS) is 21.5. The summed E-state index contributed by atoms with van der Waals surface area (Å²) >= 11 is 0. The molecule has 2 aliphatic rings. The molecule has 0 saturated carbocycles. The number of nitrogens with zero attached hydrogens (tertiary/aromatic N) is 1. The number of carbonyl (C=O) groups is 2. The number of benzene rings is 1. The molecule has 0 bridgehead atoms. The summed E-state index contributed by atoms with van der Waals surface area (Å²) in [6.45, 7) is 0.898. The van der Waals surface area contributed by atoms with Crippen molar-refractivity contribution in [2.24, 2.45) is 0 Å². The molecule has 146 valence electrons. The second-order valence-corrected chi connectivity index (χ2v) is 7.08. The number of aryl methyl sites for hydroxylation is 1. The molecular formula is C20H25NO6. The van der Waals surface area contributed by atoms with Gasteiger partial charge in [0.25, 0.3) is 0 Å². The van der Waals surface area contributed by atoms with Crippen LogP contribution in [-0.4, -0.2) is 57.6 Å². The molecule has 1 saturated heterocycles. The maximum Gasteiger partial charge on any atom is 0.334 e. The van der Waals surface area contributed by atoms with Crippen LogP contribution in [0.25, 0.3) is 0 Å². The van der Waals surface area contributed by atoms with E-state index >= 15 is 0 Å². The minimum atomic E-state index is -1.42. The van der Waals surface area contributed by atoms with Crippen molar-refractivity contribution in [3.63, 3.8) is 0 Å². The molecule has 27 heavy (non-hydrogen) atoms. The van der Waals surface area contributed by atoms with Gasteiger partial charge in [0.1, 0.15) is 18.6 Å². The summed E-state index contributed by atoms with van der Waals surface area (Å²) < 4.78 is 6.02. The summed E-state index contributed by atoms with van der Waals surface area (Å²) in [5.41, 5.74) is 2.03. The second-order valence-electron chi connectivity index (χ2n) is 7.08. The molecule has 2 atom stereocenters. The average molecular weight is 375 g/mol. The van der Waals surface area contributed by atoms with Crippen molar-refractivity contribution in [1.29, 1.82) is 0 Å². The molecule has 0 radical (unpaired) electrons. The van der Waals surface area contributed by atoms with Gasteiger partial charge in [0.05, 0.1) is 5.57 Å². The Morgan fingerprint density at radius 3 is 2.78 bits per heavy atom. The van der Waals surface area contributed by atoms with Gasteiger partial charge in [0.2, 0.25) is 0 Å². The van der Waals surface area contributed by atoms with Crippen molar-refractivity contribution in [2.75, 3.05) is 13.3 Å². The topological polar surface area (TPSA) is 107 Å². The first-order chi connectivity index (χ1) is 13.0. The summed E-state index contributed by atoms with van der Waals surface area (Å²) in [5.74, 6) is -1.97. The number of aliphatic hydroxyl groups excluding tert-OH is 1. The molecule has 1 heterocycles. The minimum Gasteiger partial charge on any atom is -0.478 e. The molecule has 1 aliphatic carbocycles. The Morgan fingerprint density at radius 2 is 2.04 bits per heavy atom. The lowest BCUT2D eigenvalue weighted by Crippen LogP contribution is -2.49. The lowest BCUT2D eigenvalue weighted by molar-refractivity contribution is -0.136. The van der Waals surface area contributed by atoms with Gasteiger partial charge in [-0.1, -0.05) is 18.6 Å². The third-order valence-corrected chi connectivity index (χ3v) is 5.36. The predicted octanol–water partition coefficient (Wildman–Crippen LogP) is 1.82. The molecule has 0 amide bonds. The number of hydrogen-bond acceptors (Lipinski definition) is 5. The summed E-state index contributed by atoms with van der Waals surface area (Å²) in [6, 6.07) is 5.53. The van der Waals surface area contributed by atoms with Gasteiger partial charge in [0.15, 0.2) is 0 Å². The van der Waals surface area contributed by atoms with Gasteiger partial charge < -0.3 is 20.1 Å². The van der Waals surface area contributed by atoms with Crippen molar-refractivity contribution in [1.82, 2.24) is 4.90 Å².